The van der Waals surface area contributed by atoms with Gasteiger partial charge in [-0.05, 0) is 39.0 Å². The van der Waals surface area contributed by atoms with E-state index in [4.69, 9.17) is 9.26 Å². The van der Waals surface area contributed by atoms with Crippen LogP contribution < -0.4 is 9.46 Å². The van der Waals surface area contributed by atoms with Crippen LogP contribution >= 0.6 is 0 Å². The second-order valence-corrected chi connectivity index (χ2v) is 13.2. The summed E-state index contributed by atoms with van der Waals surface area (Å²) in [5.41, 5.74) is 0.834. The van der Waals surface area contributed by atoms with Crippen LogP contribution in [0.5, 0.6) is 5.75 Å². The number of carbonyl (C=O) groups excluding carboxylic acids is 1. The lowest BCUT2D eigenvalue weighted by molar-refractivity contribution is -0.134. The lowest BCUT2D eigenvalue weighted by Gasteiger charge is -2.33. The van der Waals surface area contributed by atoms with Gasteiger partial charge < -0.3 is 19.3 Å². The van der Waals surface area contributed by atoms with Gasteiger partial charge in [-0.2, -0.15) is 0 Å². The first-order valence-electron chi connectivity index (χ1n) is 11.7. The van der Waals surface area contributed by atoms with E-state index in [2.05, 4.69) is 9.88 Å². The van der Waals surface area contributed by atoms with E-state index in [-0.39, 0.29) is 60.0 Å². The Labute approximate surface area is 217 Å². The van der Waals surface area contributed by atoms with E-state index in [1.165, 1.54) is 42.2 Å². The van der Waals surface area contributed by atoms with Crippen molar-refractivity contribution in [3.05, 3.63) is 35.2 Å². The number of rotatable bonds is 8. The van der Waals surface area contributed by atoms with E-state index in [1.54, 1.807) is 13.0 Å². The van der Waals surface area contributed by atoms with Crippen LogP contribution in [0, 0.1) is 19.8 Å². The number of aliphatic hydroxyl groups is 1. The fourth-order valence-electron chi connectivity index (χ4n) is 4.16. The van der Waals surface area contributed by atoms with E-state index < -0.39 is 32.2 Å². The summed E-state index contributed by atoms with van der Waals surface area (Å²) in [7, 11) is -6.07. The van der Waals surface area contributed by atoms with Crippen molar-refractivity contribution in [3.63, 3.8) is 0 Å². The van der Waals surface area contributed by atoms with Gasteiger partial charge in [-0.15, -0.1) is 0 Å². The van der Waals surface area contributed by atoms with Crippen LogP contribution in [0.25, 0.3) is 0 Å². The summed E-state index contributed by atoms with van der Waals surface area (Å²) < 4.78 is 65.0. The highest BCUT2D eigenvalue weighted by molar-refractivity contribution is 7.92. The predicted octanol–water partition coefficient (Wildman–Crippen LogP) is 1.13. The number of benzene rings is 1. The van der Waals surface area contributed by atoms with Gasteiger partial charge >= 0.3 is 0 Å². The Kier molecular flexibility index (Phi) is 8.57. The van der Waals surface area contributed by atoms with Gasteiger partial charge in [0.25, 0.3) is 10.0 Å². The van der Waals surface area contributed by atoms with Gasteiger partial charge in [0.2, 0.25) is 15.9 Å². The first kappa shape index (κ1) is 28.9. The molecule has 0 unspecified atom stereocenters. The van der Waals surface area contributed by atoms with Gasteiger partial charge in [0.05, 0.1) is 31.9 Å². The monoisotopic (exact) mass is 558 g/mol. The topological polar surface area (TPSA) is 159 Å². The molecule has 1 aliphatic heterocycles. The van der Waals surface area contributed by atoms with Gasteiger partial charge in [-0.1, -0.05) is 12.1 Å². The smallest absolute Gasteiger partial charge is 0.267 e. The Morgan fingerprint density at radius 3 is 2.51 bits per heavy atom. The number of ether oxygens (including phenoxy) is 1. The number of anilines is 1. The summed E-state index contributed by atoms with van der Waals surface area (Å²) in [6.07, 6.45) is 0.367. The highest BCUT2D eigenvalue weighted by Crippen LogP contribution is 2.31. The minimum absolute atomic E-state index is 0.0371. The number of nitrogens with zero attached hydrogens (tertiary/aromatic N) is 3. The van der Waals surface area contributed by atoms with Crippen molar-refractivity contribution in [2.45, 2.75) is 51.2 Å². The molecular weight excluding hydrogens is 524 g/mol. The third kappa shape index (κ3) is 6.61. The van der Waals surface area contributed by atoms with Gasteiger partial charge in [0.1, 0.15) is 17.5 Å². The molecule has 37 heavy (non-hydrogen) atoms. The largest absolute Gasteiger partial charge is 0.488 e. The molecule has 0 aliphatic carbocycles. The predicted molar refractivity (Wildman–Crippen MR) is 136 cm³/mol. The normalized spacial score (nSPS) is 20.0. The summed E-state index contributed by atoms with van der Waals surface area (Å²) >= 11 is 0. The number of amides is 1. The zero-order valence-electron chi connectivity index (χ0n) is 21.8. The quantitative estimate of drug-likeness (QED) is 0.484. The number of aromatic nitrogens is 1. The molecule has 206 valence electrons. The number of sulfonamides is 2. The second kappa shape index (κ2) is 11.0. The number of nitrogens with one attached hydrogen (secondary N) is 1. The Balaban J connectivity index is 2.02. The molecule has 1 aromatic heterocycles. The maximum Gasteiger partial charge on any atom is 0.267 e. The summed E-state index contributed by atoms with van der Waals surface area (Å²) in [5, 5.41) is 13.4. The SMILES string of the molecule is Cc1noc(C)c1S(=O)(=O)Nc1ccc2c(c1)CC(=O)N([C@H](C)CO)C[C@H](C)[C@@H](CN(C)S(C)(=O)=O)O2. The van der Waals surface area contributed by atoms with Crippen LogP contribution in [-0.2, 0) is 31.3 Å². The Morgan fingerprint density at radius 2 is 1.95 bits per heavy atom. The van der Waals surface area contributed by atoms with Gasteiger partial charge in [-0.3, -0.25) is 9.52 Å². The van der Waals surface area contributed by atoms with E-state index in [9.17, 15) is 26.7 Å². The number of hydrogen-bond acceptors (Lipinski definition) is 9. The molecule has 2 N–H and O–H groups in total. The highest BCUT2D eigenvalue weighted by Gasteiger charge is 2.32. The zero-order chi connectivity index (χ0) is 27.7. The van der Waals surface area contributed by atoms with Crippen LogP contribution in [-0.4, -0.2) is 87.4 Å². The summed E-state index contributed by atoms with van der Waals surface area (Å²) in [6.45, 7) is 6.61. The standard InChI is InChI=1S/C23H34N4O8S2/c1-14-11-27(15(2)13-28)22(29)10-18-9-19(25-37(32,33)23-16(3)24-35-17(23)4)7-8-20(18)34-21(14)12-26(5)36(6,30)31/h7-9,14-15,21,25,28H,10-13H2,1-6H3/t14-,15+,21+/m0/s1. The Hall–Kier alpha value is -2.68. The third-order valence-electron chi connectivity index (χ3n) is 6.41. The summed E-state index contributed by atoms with van der Waals surface area (Å²) in [6, 6.07) is 4.09. The lowest BCUT2D eigenvalue weighted by Crippen LogP contribution is -2.48. The van der Waals surface area contributed by atoms with E-state index >= 15 is 0 Å². The molecule has 0 saturated heterocycles. The highest BCUT2D eigenvalue weighted by atomic mass is 32.2. The molecule has 14 heteroatoms. The molecule has 1 amide bonds. The summed E-state index contributed by atoms with van der Waals surface area (Å²) in [4.78, 5) is 14.8. The number of aryl methyl sites for hydroxylation is 2. The zero-order valence-corrected chi connectivity index (χ0v) is 23.4. The Morgan fingerprint density at radius 1 is 1.27 bits per heavy atom. The van der Waals surface area contributed by atoms with Crippen LogP contribution in [0.15, 0.2) is 27.6 Å². The minimum Gasteiger partial charge on any atom is -0.488 e. The van der Waals surface area contributed by atoms with Gasteiger partial charge in [0.15, 0.2) is 10.7 Å². The van der Waals surface area contributed by atoms with Crippen molar-refractivity contribution in [2.24, 2.45) is 5.92 Å². The Bertz CT molecular complexity index is 1340. The van der Waals surface area contributed by atoms with Gasteiger partial charge in [-0.25, -0.2) is 21.1 Å². The molecule has 1 aliphatic rings. The maximum atomic E-state index is 13.3. The van der Waals surface area contributed by atoms with E-state index in [0.29, 0.717) is 11.3 Å². The fraction of sp³-hybridized carbons (Fsp3) is 0.565. The van der Waals surface area contributed by atoms with Crippen molar-refractivity contribution in [2.75, 3.05) is 37.7 Å². The molecular formula is C23H34N4O8S2. The number of fused-ring (bicyclic) bond motifs is 1. The molecule has 0 saturated carbocycles. The molecule has 0 fully saturated rings. The molecule has 2 heterocycles. The number of carbonyl (C=O) groups is 1. The molecule has 0 spiro atoms. The van der Waals surface area contributed by atoms with E-state index in [1.807, 2.05) is 6.92 Å². The minimum atomic E-state index is -4.02. The molecule has 0 radical (unpaired) electrons. The molecule has 3 atom stereocenters. The molecule has 0 bridgehead atoms. The molecule has 12 nitrogen and oxygen atoms in total. The van der Waals surface area contributed by atoms with Crippen molar-refractivity contribution >= 4 is 31.6 Å². The number of aliphatic hydroxyl groups excluding tert-OH is 1. The van der Waals surface area contributed by atoms with Crippen molar-refractivity contribution < 1.29 is 36.0 Å². The first-order valence-corrected chi connectivity index (χ1v) is 15.0. The third-order valence-corrected chi connectivity index (χ3v) is 9.31. The fourth-order valence-corrected chi connectivity index (χ4v) is 5.96. The number of likely N-dealkylation sites (N-methyl/N-ethyl adjacent to an activating group) is 1. The van der Waals surface area contributed by atoms with Crippen molar-refractivity contribution in [3.8, 4) is 5.75 Å². The van der Waals surface area contributed by atoms with Crippen LogP contribution in [0.2, 0.25) is 0 Å². The average Bonchev–Trinajstić information content (AvgIpc) is 3.16. The van der Waals surface area contributed by atoms with Crippen LogP contribution in [0.4, 0.5) is 5.69 Å². The van der Waals surface area contributed by atoms with Crippen LogP contribution in [0.1, 0.15) is 30.9 Å². The first-order chi connectivity index (χ1) is 17.1. The molecule has 2 aromatic rings. The summed E-state index contributed by atoms with van der Waals surface area (Å²) in [5.74, 6) is -0.0792. The lowest BCUT2D eigenvalue weighted by atomic mass is 10.0. The molecule has 1 aromatic carbocycles. The second-order valence-electron chi connectivity index (χ2n) is 9.51. The van der Waals surface area contributed by atoms with Crippen LogP contribution in [0.3, 0.4) is 0 Å². The average molecular weight is 559 g/mol. The van der Waals surface area contributed by atoms with Gasteiger partial charge in [0, 0.05) is 30.8 Å². The van der Waals surface area contributed by atoms with Crippen molar-refractivity contribution in [1.82, 2.24) is 14.4 Å². The van der Waals surface area contributed by atoms with Crippen molar-refractivity contribution in [1.29, 1.82) is 0 Å². The number of hydrogen-bond donors (Lipinski definition) is 2. The molecule has 3 rings (SSSR count). The maximum absolute atomic E-state index is 13.3. The van der Waals surface area contributed by atoms with E-state index in [0.717, 1.165) is 6.26 Å².